The number of aromatic hydroxyl groups is 1. The highest BCUT2D eigenvalue weighted by Crippen LogP contribution is 2.17. The third-order valence-electron chi connectivity index (χ3n) is 2.74. The Morgan fingerprint density at radius 2 is 2.12 bits per heavy atom. The Balaban J connectivity index is 2.94. The standard InChI is InChI=1S/C11H13N3O3/c1-6(12-2)14-10(16)9-7(13-11(14)17)4-3-5-8(9)15/h3-6,12,15H,1-2H3,(H,13,17). The monoisotopic (exact) mass is 235 g/mol. The summed E-state index contributed by atoms with van der Waals surface area (Å²) in [5.41, 5.74) is -0.682. The summed E-state index contributed by atoms with van der Waals surface area (Å²) in [6.45, 7) is 1.68. The molecule has 90 valence electrons. The highest BCUT2D eigenvalue weighted by molar-refractivity contribution is 5.83. The van der Waals surface area contributed by atoms with Crippen molar-refractivity contribution in [2.45, 2.75) is 13.1 Å². The van der Waals surface area contributed by atoms with Crippen LogP contribution in [0.15, 0.2) is 27.8 Å². The summed E-state index contributed by atoms with van der Waals surface area (Å²) in [6.07, 6.45) is -0.449. The predicted molar refractivity (Wildman–Crippen MR) is 64.3 cm³/mol. The SMILES string of the molecule is CNC(C)n1c(=O)[nH]c2cccc(O)c2c1=O. The number of phenols is 1. The van der Waals surface area contributed by atoms with E-state index in [1.165, 1.54) is 6.07 Å². The number of phenolic OH excluding ortho intramolecular Hbond substituents is 1. The number of fused-ring (bicyclic) bond motifs is 1. The van der Waals surface area contributed by atoms with Crippen LogP contribution >= 0.6 is 0 Å². The van der Waals surface area contributed by atoms with Crippen LogP contribution < -0.4 is 16.6 Å². The zero-order chi connectivity index (χ0) is 12.6. The fraction of sp³-hybridized carbons (Fsp3) is 0.273. The maximum atomic E-state index is 12.1. The molecule has 6 nitrogen and oxygen atoms in total. The molecular formula is C11H13N3O3. The molecule has 2 rings (SSSR count). The number of nitrogens with zero attached hydrogens (tertiary/aromatic N) is 1. The van der Waals surface area contributed by atoms with Crippen molar-refractivity contribution in [3.05, 3.63) is 39.0 Å². The molecule has 0 spiro atoms. The van der Waals surface area contributed by atoms with Crippen molar-refractivity contribution in [1.29, 1.82) is 0 Å². The van der Waals surface area contributed by atoms with E-state index in [-0.39, 0.29) is 11.1 Å². The molecule has 0 radical (unpaired) electrons. The maximum Gasteiger partial charge on any atom is 0.330 e. The van der Waals surface area contributed by atoms with Gasteiger partial charge in [-0.25, -0.2) is 9.36 Å². The van der Waals surface area contributed by atoms with Gasteiger partial charge in [-0.1, -0.05) is 6.07 Å². The number of benzene rings is 1. The number of H-pyrrole nitrogens is 1. The summed E-state index contributed by atoms with van der Waals surface area (Å²) in [5, 5.41) is 12.6. The molecule has 1 atom stereocenters. The number of nitrogens with one attached hydrogen (secondary N) is 2. The van der Waals surface area contributed by atoms with Gasteiger partial charge in [-0.2, -0.15) is 0 Å². The summed E-state index contributed by atoms with van der Waals surface area (Å²) in [5.74, 6) is -0.138. The van der Waals surface area contributed by atoms with E-state index >= 15 is 0 Å². The molecule has 1 aromatic carbocycles. The maximum absolute atomic E-state index is 12.1. The van der Waals surface area contributed by atoms with Gasteiger partial charge in [0.25, 0.3) is 5.56 Å². The largest absolute Gasteiger partial charge is 0.507 e. The zero-order valence-corrected chi connectivity index (χ0v) is 9.52. The average Bonchev–Trinajstić information content (AvgIpc) is 2.28. The van der Waals surface area contributed by atoms with Gasteiger partial charge in [0.05, 0.1) is 11.7 Å². The molecule has 0 saturated heterocycles. The van der Waals surface area contributed by atoms with Crippen LogP contribution in [-0.4, -0.2) is 21.7 Å². The second-order valence-corrected chi connectivity index (χ2v) is 3.77. The van der Waals surface area contributed by atoms with Crippen LogP contribution in [0.2, 0.25) is 0 Å². The number of hydrogen-bond acceptors (Lipinski definition) is 4. The van der Waals surface area contributed by atoms with Crippen LogP contribution in [0.25, 0.3) is 10.9 Å². The number of rotatable bonds is 2. The van der Waals surface area contributed by atoms with Crippen molar-refractivity contribution < 1.29 is 5.11 Å². The van der Waals surface area contributed by atoms with Crippen molar-refractivity contribution in [2.75, 3.05) is 7.05 Å². The number of aromatic amines is 1. The van der Waals surface area contributed by atoms with Gasteiger partial charge in [0.2, 0.25) is 0 Å². The van der Waals surface area contributed by atoms with E-state index in [9.17, 15) is 14.7 Å². The van der Waals surface area contributed by atoms with Gasteiger partial charge in [-0.3, -0.25) is 4.79 Å². The van der Waals surface area contributed by atoms with Crippen LogP contribution in [0, 0.1) is 0 Å². The first-order valence-corrected chi connectivity index (χ1v) is 5.20. The first-order chi connectivity index (χ1) is 8.06. The quantitative estimate of drug-likeness (QED) is 0.690. The molecule has 0 fully saturated rings. The summed E-state index contributed by atoms with van der Waals surface area (Å²) in [6, 6.07) is 4.56. The predicted octanol–water partition coefficient (Wildman–Crippen LogP) is 0.133. The van der Waals surface area contributed by atoms with Gasteiger partial charge in [0, 0.05) is 0 Å². The third-order valence-corrected chi connectivity index (χ3v) is 2.74. The molecule has 3 N–H and O–H groups in total. The van der Waals surface area contributed by atoms with Crippen molar-refractivity contribution in [1.82, 2.24) is 14.9 Å². The molecule has 1 heterocycles. The molecule has 0 bridgehead atoms. The molecule has 2 aromatic rings. The number of hydrogen-bond donors (Lipinski definition) is 3. The van der Waals surface area contributed by atoms with Crippen LogP contribution in [0.1, 0.15) is 13.1 Å². The topological polar surface area (TPSA) is 87.1 Å². The van der Waals surface area contributed by atoms with E-state index in [0.29, 0.717) is 5.52 Å². The summed E-state index contributed by atoms with van der Waals surface area (Å²) >= 11 is 0. The Kier molecular flexibility index (Phi) is 2.72. The first-order valence-electron chi connectivity index (χ1n) is 5.20. The highest BCUT2D eigenvalue weighted by atomic mass is 16.3. The molecule has 6 heteroatoms. The van der Waals surface area contributed by atoms with E-state index in [2.05, 4.69) is 10.3 Å². The summed E-state index contributed by atoms with van der Waals surface area (Å²) in [4.78, 5) is 26.4. The van der Waals surface area contributed by atoms with Crippen LogP contribution in [0.5, 0.6) is 5.75 Å². The Hall–Kier alpha value is -2.08. The molecule has 0 aliphatic carbocycles. The van der Waals surface area contributed by atoms with Crippen molar-refractivity contribution in [2.24, 2.45) is 0 Å². The molecule has 0 aliphatic rings. The van der Waals surface area contributed by atoms with Gasteiger partial charge < -0.3 is 15.4 Å². The Bertz CT molecular complexity index is 672. The van der Waals surface area contributed by atoms with Crippen LogP contribution in [0.3, 0.4) is 0 Å². The van der Waals surface area contributed by atoms with Gasteiger partial charge in [-0.15, -0.1) is 0 Å². The van der Waals surface area contributed by atoms with Crippen molar-refractivity contribution in [3.8, 4) is 5.75 Å². The van der Waals surface area contributed by atoms with E-state index in [0.717, 1.165) is 4.57 Å². The highest BCUT2D eigenvalue weighted by Gasteiger charge is 2.13. The fourth-order valence-electron chi connectivity index (χ4n) is 1.74. The lowest BCUT2D eigenvalue weighted by atomic mass is 10.2. The Morgan fingerprint density at radius 3 is 2.76 bits per heavy atom. The lowest BCUT2D eigenvalue weighted by molar-refractivity contribution is 0.444. The molecule has 0 aliphatic heterocycles. The summed E-state index contributed by atoms with van der Waals surface area (Å²) < 4.78 is 1.03. The van der Waals surface area contributed by atoms with Crippen molar-refractivity contribution in [3.63, 3.8) is 0 Å². The molecule has 1 aromatic heterocycles. The van der Waals surface area contributed by atoms with E-state index in [4.69, 9.17) is 0 Å². The average molecular weight is 235 g/mol. The fourth-order valence-corrected chi connectivity index (χ4v) is 1.74. The molecule has 1 unspecified atom stereocenters. The minimum atomic E-state index is -0.510. The van der Waals surface area contributed by atoms with Gasteiger partial charge >= 0.3 is 5.69 Å². The van der Waals surface area contributed by atoms with Gasteiger partial charge in [-0.05, 0) is 26.1 Å². The van der Waals surface area contributed by atoms with Crippen molar-refractivity contribution >= 4 is 10.9 Å². The summed E-state index contributed by atoms with van der Waals surface area (Å²) in [7, 11) is 1.64. The van der Waals surface area contributed by atoms with E-state index in [1.54, 1.807) is 26.1 Å². The lowest BCUT2D eigenvalue weighted by Crippen LogP contribution is -2.41. The second-order valence-electron chi connectivity index (χ2n) is 3.77. The Labute approximate surface area is 96.5 Å². The molecular weight excluding hydrogens is 222 g/mol. The minimum Gasteiger partial charge on any atom is -0.507 e. The smallest absolute Gasteiger partial charge is 0.330 e. The number of aromatic nitrogens is 2. The van der Waals surface area contributed by atoms with E-state index < -0.39 is 17.4 Å². The first kappa shape index (κ1) is 11.4. The normalized spacial score (nSPS) is 12.8. The second kappa shape index (κ2) is 4.06. The van der Waals surface area contributed by atoms with Gasteiger partial charge in [0.1, 0.15) is 11.1 Å². The third kappa shape index (κ3) is 1.72. The minimum absolute atomic E-state index is 0.120. The molecule has 0 saturated carbocycles. The molecule has 17 heavy (non-hydrogen) atoms. The van der Waals surface area contributed by atoms with Crippen LogP contribution in [-0.2, 0) is 0 Å². The van der Waals surface area contributed by atoms with Crippen LogP contribution in [0.4, 0.5) is 0 Å². The van der Waals surface area contributed by atoms with E-state index in [1.807, 2.05) is 0 Å². The lowest BCUT2D eigenvalue weighted by Gasteiger charge is -2.13. The molecule has 0 amide bonds. The Morgan fingerprint density at radius 1 is 1.41 bits per heavy atom. The zero-order valence-electron chi connectivity index (χ0n) is 9.52. The van der Waals surface area contributed by atoms with Gasteiger partial charge in [0.15, 0.2) is 0 Å².